The summed E-state index contributed by atoms with van der Waals surface area (Å²) < 4.78 is 0. The normalized spacial score (nSPS) is 10.3. The monoisotopic (exact) mass is 265 g/mol. The van der Waals surface area contributed by atoms with E-state index in [1.807, 2.05) is 0 Å². The smallest absolute Gasteiger partial charge is 0.151 e. The number of aryl methyl sites for hydroxylation is 1. The number of nitrogens with zero attached hydrogens (tertiary/aromatic N) is 1. The van der Waals surface area contributed by atoms with Crippen molar-refractivity contribution < 1.29 is 4.79 Å². The second-order valence-electron chi connectivity index (χ2n) is 3.61. The Morgan fingerprint density at radius 2 is 1.94 bits per heavy atom. The fraction of sp³-hybridized carbons (Fsp3) is 0.0769. The number of carbonyl (C=O) groups excluding carboxylic acids is 1. The fourth-order valence-electron chi connectivity index (χ4n) is 1.54. The minimum Gasteiger partial charge on any atom is -0.298 e. The van der Waals surface area contributed by atoms with Gasteiger partial charge in [0.15, 0.2) is 6.29 Å². The van der Waals surface area contributed by atoms with Crippen LogP contribution in [0.2, 0.25) is 10.0 Å². The Hall–Kier alpha value is -1.38. The summed E-state index contributed by atoms with van der Waals surface area (Å²) in [5, 5.41) is 1.18. The summed E-state index contributed by atoms with van der Waals surface area (Å²) in [7, 11) is 0. The van der Waals surface area contributed by atoms with Gasteiger partial charge < -0.3 is 0 Å². The van der Waals surface area contributed by atoms with Gasteiger partial charge in [-0.05, 0) is 37.3 Å². The molecule has 0 aliphatic rings. The first-order chi connectivity index (χ1) is 8.11. The maximum atomic E-state index is 10.7. The number of pyridine rings is 1. The Morgan fingerprint density at radius 3 is 2.59 bits per heavy atom. The summed E-state index contributed by atoms with van der Waals surface area (Å²) >= 11 is 12.0. The zero-order valence-corrected chi connectivity index (χ0v) is 10.6. The number of hydrogen-bond acceptors (Lipinski definition) is 2. The van der Waals surface area contributed by atoms with Gasteiger partial charge in [-0.1, -0.05) is 23.2 Å². The highest BCUT2D eigenvalue weighted by molar-refractivity contribution is 6.35. The molecule has 0 amide bonds. The first-order valence-corrected chi connectivity index (χ1v) is 5.75. The molecule has 0 bridgehead atoms. The molecule has 86 valence electrons. The number of hydrogen-bond donors (Lipinski definition) is 0. The third kappa shape index (κ3) is 2.48. The Balaban J connectivity index is 2.57. The van der Waals surface area contributed by atoms with Crippen LogP contribution >= 0.6 is 23.2 Å². The van der Waals surface area contributed by atoms with Gasteiger partial charge in [0.2, 0.25) is 0 Å². The standard InChI is InChI=1S/C13H9Cl2NO/c1-8-9(7-17)2-5-13(16-8)11-6-10(14)3-4-12(11)15/h2-7H,1H3. The van der Waals surface area contributed by atoms with Gasteiger partial charge in [0.1, 0.15) is 0 Å². The van der Waals surface area contributed by atoms with Crippen LogP contribution in [0.1, 0.15) is 16.1 Å². The van der Waals surface area contributed by atoms with Gasteiger partial charge >= 0.3 is 0 Å². The molecule has 1 heterocycles. The number of aldehydes is 1. The summed E-state index contributed by atoms with van der Waals surface area (Å²) in [6.07, 6.45) is 0.783. The lowest BCUT2D eigenvalue weighted by atomic mass is 10.1. The number of benzene rings is 1. The summed E-state index contributed by atoms with van der Waals surface area (Å²) in [4.78, 5) is 15.1. The van der Waals surface area contributed by atoms with Crippen LogP contribution in [0, 0.1) is 6.92 Å². The van der Waals surface area contributed by atoms with Crippen molar-refractivity contribution in [3.05, 3.63) is 51.6 Å². The van der Waals surface area contributed by atoms with Crippen LogP contribution in [0.5, 0.6) is 0 Å². The molecule has 0 aliphatic heterocycles. The van der Waals surface area contributed by atoms with Crippen molar-refractivity contribution in [2.24, 2.45) is 0 Å². The molecule has 1 aromatic carbocycles. The van der Waals surface area contributed by atoms with E-state index < -0.39 is 0 Å². The summed E-state index contributed by atoms with van der Waals surface area (Å²) in [6, 6.07) is 8.69. The highest BCUT2D eigenvalue weighted by Crippen LogP contribution is 2.29. The van der Waals surface area contributed by atoms with E-state index in [0.29, 0.717) is 27.0 Å². The molecule has 0 saturated heterocycles. The number of carbonyl (C=O) groups is 1. The van der Waals surface area contributed by atoms with Gasteiger partial charge in [0.05, 0.1) is 10.7 Å². The molecule has 2 aromatic rings. The zero-order chi connectivity index (χ0) is 12.4. The quantitative estimate of drug-likeness (QED) is 0.763. The van der Waals surface area contributed by atoms with E-state index in [9.17, 15) is 4.79 Å². The molecule has 2 nitrogen and oxygen atoms in total. The van der Waals surface area contributed by atoms with Gasteiger partial charge in [-0.25, -0.2) is 0 Å². The van der Waals surface area contributed by atoms with Crippen molar-refractivity contribution in [1.29, 1.82) is 0 Å². The summed E-state index contributed by atoms with van der Waals surface area (Å²) in [6.45, 7) is 1.78. The second kappa shape index (κ2) is 4.86. The van der Waals surface area contributed by atoms with Gasteiger partial charge in [0.25, 0.3) is 0 Å². The van der Waals surface area contributed by atoms with Crippen molar-refractivity contribution >= 4 is 29.5 Å². The third-order valence-corrected chi connectivity index (χ3v) is 3.02. The van der Waals surface area contributed by atoms with Crippen molar-refractivity contribution in [1.82, 2.24) is 4.98 Å². The van der Waals surface area contributed by atoms with Crippen molar-refractivity contribution in [3.63, 3.8) is 0 Å². The summed E-state index contributed by atoms with van der Waals surface area (Å²) in [5.74, 6) is 0. The lowest BCUT2D eigenvalue weighted by molar-refractivity contribution is 0.112. The molecule has 2 rings (SSSR count). The lowest BCUT2D eigenvalue weighted by Gasteiger charge is -2.06. The molecule has 0 N–H and O–H groups in total. The topological polar surface area (TPSA) is 30.0 Å². The van der Waals surface area contributed by atoms with Crippen LogP contribution in [0.25, 0.3) is 11.3 Å². The summed E-state index contributed by atoms with van der Waals surface area (Å²) in [5.41, 5.74) is 2.72. The predicted octanol–water partition coefficient (Wildman–Crippen LogP) is 4.18. The average Bonchev–Trinajstić information content (AvgIpc) is 2.32. The molecule has 0 saturated carbocycles. The third-order valence-electron chi connectivity index (χ3n) is 2.46. The molecule has 0 radical (unpaired) electrons. The average molecular weight is 266 g/mol. The molecule has 17 heavy (non-hydrogen) atoms. The van der Waals surface area contributed by atoms with E-state index in [1.165, 1.54) is 0 Å². The molecule has 4 heteroatoms. The van der Waals surface area contributed by atoms with E-state index in [2.05, 4.69) is 4.98 Å². The maximum Gasteiger partial charge on any atom is 0.151 e. The lowest BCUT2D eigenvalue weighted by Crippen LogP contribution is -1.93. The van der Waals surface area contributed by atoms with Gasteiger partial charge in [-0.3, -0.25) is 9.78 Å². The Kier molecular flexibility index (Phi) is 3.46. The van der Waals surface area contributed by atoms with Gasteiger partial charge in [0, 0.05) is 21.8 Å². The fourth-order valence-corrected chi connectivity index (χ4v) is 1.93. The van der Waals surface area contributed by atoms with Crippen LogP contribution in [-0.2, 0) is 0 Å². The number of halogens is 2. The molecular formula is C13H9Cl2NO. The SMILES string of the molecule is Cc1nc(-c2cc(Cl)ccc2Cl)ccc1C=O. The van der Waals surface area contributed by atoms with Crippen LogP contribution in [-0.4, -0.2) is 11.3 Å². The predicted molar refractivity (Wildman–Crippen MR) is 69.8 cm³/mol. The van der Waals surface area contributed by atoms with Crippen LogP contribution in [0.15, 0.2) is 30.3 Å². The molecule has 0 fully saturated rings. The van der Waals surface area contributed by atoms with Crippen molar-refractivity contribution in [2.45, 2.75) is 6.92 Å². The van der Waals surface area contributed by atoms with Crippen LogP contribution in [0.4, 0.5) is 0 Å². The minimum absolute atomic E-state index is 0.576. The highest BCUT2D eigenvalue weighted by Gasteiger charge is 2.07. The molecule has 0 atom stereocenters. The van der Waals surface area contributed by atoms with Gasteiger partial charge in [-0.2, -0.15) is 0 Å². The first-order valence-electron chi connectivity index (χ1n) is 5.00. The second-order valence-corrected chi connectivity index (χ2v) is 4.46. The first kappa shape index (κ1) is 12.1. The highest BCUT2D eigenvalue weighted by atomic mass is 35.5. The number of aromatic nitrogens is 1. The molecule has 1 aromatic heterocycles. The largest absolute Gasteiger partial charge is 0.298 e. The zero-order valence-electron chi connectivity index (χ0n) is 9.08. The van der Waals surface area contributed by atoms with E-state index in [0.717, 1.165) is 11.8 Å². The Labute approximate surface area is 109 Å². The van der Waals surface area contributed by atoms with E-state index in [4.69, 9.17) is 23.2 Å². The van der Waals surface area contributed by atoms with Crippen LogP contribution in [0.3, 0.4) is 0 Å². The maximum absolute atomic E-state index is 10.7. The van der Waals surface area contributed by atoms with E-state index in [-0.39, 0.29) is 0 Å². The Bertz CT molecular complexity index is 582. The molecular weight excluding hydrogens is 257 g/mol. The van der Waals surface area contributed by atoms with E-state index >= 15 is 0 Å². The van der Waals surface area contributed by atoms with E-state index in [1.54, 1.807) is 37.3 Å². The molecule has 0 unspecified atom stereocenters. The van der Waals surface area contributed by atoms with Crippen molar-refractivity contribution in [2.75, 3.05) is 0 Å². The van der Waals surface area contributed by atoms with Crippen molar-refractivity contribution in [3.8, 4) is 11.3 Å². The van der Waals surface area contributed by atoms with Gasteiger partial charge in [-0.15, -0.1) is 0 Å². The Morgan fingerprint density at radius 1 is 1.18 bits per heavy atom. The molecule has 0 aliphatic carbocycles. The number of rotatable bonds is 2. The minimum atomic E-state index is 0.576. The van der Waals surface area contributed by atoms with Crippen LogP contribution < -0.4 is 0 Å². The molecule has 0 spiro atoms.